The van der Waals surface area contributed by atoms with Crippen molar-refractivity contribution in [3.05, 3.63) is 88.7 Å². The second-order valence-electron chi connectivity index (χ2n) is 11.4. The predicted octanol–water partition coefficient (Wildman–Crippen LogP) is 4.69. The van der Waals surface area contributed by atoms with Crippen molar-refractivity contribution in [2.24, 2.45) is 0 Å². The van der Waals surface area contributed by atoms with Gasteiger partial charge < -0.3 is 19.5 Å². The Labute approximate surface area is 254 Å². The standard InChI is InChI=1S/C32H32F2N4O5S/c1-35-31(39)29-23-14-21(19-12-13-38(17-19)32(40)27-15-22-24(34)6-5-7-25(22)36(27)2)26(37(3)44(4,41)42)16-28(23)43-30(29)18-8-10-20(33)11-9-18/h5-6,8-11,14-16,19,25H,7,12-13,17H2,1-4H3,(H,35,39)/t19-,25?/m1/s1. The second-order valence-corrected chi connectivity index (χ2v) is 13.4. The van der Waals surface area contributed by atoms with Crippen molar-refractivity contribution >= 4 is 38.5 Å². The summed E-state index contributed by atoms with van der Waals surface area (Å²) in [5, 5.41) is 3.10. The van der Waals surface area contributed by atoms with E-state index in [-0.39, 0.29) is 40.6 Å². The molecule has 0 spiro atoms. The van der Waals surface area contributed by atoms with Gasteiger partial charge in [0.1, 0.15) is 28.7 Å². The summed E-state index contributed by atoms with van der Waals surface area (Å²) in [5.74, 6) is -1.48. The minimum Gasteiger partial charge on any atom is -0.455 e. The van der Waals surface area contributed by atoms with E-state index in [1.165, 1.54) is 44.4 Å². The van der Waals surface area contributed by atoms with Gasteiger partial charge in [0, 0.05) is 62.7 Å². The molecular weight excluding hydrogens is 590 g/mol. The molecule has 6 rings (SSSR count). The molecule has 44 heavy (non-hydrogen) atoms. The van der Waals surface area contributed by atoms with Crippen molar-refractivity contribution in [1.29, 1.82) is 0 Å². The summed E-state index contributed by atoms with van der Waals surface area (Å²) < 4.78 is 60.9. The van der Waals surface area contributed by atoms with Crippen LogP contribution in [0.1, 0.15) is 34.7 Å². The number of likely N-dealkylation sites (N-methyl/N-ethyl adjacent to an activating group) is 1. The van der Waals surface area contributed by atoms with E-state index < -0.39 is 21.7 Å². The lowest BCUT2D eigenvalue weighted by atomic mass is 9.93. The number of sulfonamides is 1. The Bertz CT molecular complexity index is 1890. The van der Waals surface area contributed by atoms with Crippen LogP contribution >= 0.6 is 0 Å². The molecule has 2 aromatic carbocycles. The summed E-state index contributed by atoms with van der Waals surface area (Å²) in [6, 6.07) is 8.67. The van der Waals surface area contributed by atoms with E-state index in [1.807, 2.05) is 0 Å². The molecule has 2 atom stereocenters. The number of anilines is 1. The lowest BCUT2D eigenvalue weighted by Crippen LogP contribution is -2.37. The van der Waals surface area contributed by atoms with Crippen LogP contribution in [0.25, 0.3) is 22.3 Å². The van der Waals surface area contributed by atoms with Crippen molar-refractivity contribution in [3.63, 3.8) is 0 Å². The molecule has 1 unspecified atom stereocenters. The summed E-state index contributed by atoms with van der Waals surface area (Å²) in [7, 11) is 1.02. The highest BCUT2D eigenvalue weighted by Gasteiger charge is 2.38. The molecule has 1 aliphatic carbocycles. The monoisotopic (exact) mass is 622 g/mol. The minimum atomic E-state index is -3.70. The quantitative estimate of drug-likeness (QED) is 0.428. The molecule has 1 N–H and O–H groups in total. The van der Waals surface area contributed by atoms with Crippen molar-refractivity contribution in [2.45, 2.75) is 24.8 Å². The molecule has 0 saturated carbocycles. The average molecular weight is 623 g/mol. The summed E-state index contributed by atoms with van der Waals surface area (Å²) >= 11 is 0. The van der Waals surface area contributed by atoms with E-state index in [2.05, 4.69) is 5.32 Å². The molecule has 1 fully saturated rings. The predicted molar refractivity (Wildman–Crippen MR) is 164 cm³/mol. The van der Waals surface area contributed by atoms with E-state index in [0.717, 1.165) is 10.6 Å². The zero-order valence-electron chi connectivity index (χ0n) is 24.7. The van der Waals surface area contributed by atoms with Crippen molar-refractivity contribution in [3.8, 4) is 11.3 Å². The van der Waals surface area contributed by atoms with Crippen LogP contribution in [0.4, 0.5) is 14.5 Å². The van der Waals surface area contributed by atoms with Crippen LogP contribution in [0, 0.1) is 5.82 Å². The summed E-state index contributed by atoms with van der Waals surface area (Å²) in [4.78, 5) is 30.4. The highest BCUT2D eigenvalue weighted by molar-refractivity contribution is 7.92. The third-order valence-corrected chi connectivity index (χ3v) is 9.96. The molecule has 3 aliphatic rings. The van der Waals surface area contributed by atoms with Gasteiger partial charge in [0.2, 0.25) is 10.0 Å². The molecule has 0 radical (unpaired) electrons. The normalized spacial score (nSPS) is 19.9. The maximum atomic E-state index is 14.5. The van der Waals surface area contributed by atoms with Crippen LogP contribution in [0.2, 0.25) is 0 Å². The van der Waals surface area contributed by atoms with Gasteiger partial charge in [-0.15, -0.1) is 0 Å². The van der Waals surface area contributed by atoms with E-state index >= 15 is 0 Å². The minimum absolute atomic E-state index is 0.224. The Balaban J connectivity index is 1.42. The van der Waals surface area contributed by atoms with Gasteiger partial charge in [-0.25, -0.2) is 17.2 Å². The molecule has 1 aromatic heterocycles. The fraction of sp³-hybridized carbons (Fsp3) is 0.312. The van der Waals surface area contributed by atoms with Gasteiger partial charge >= 0.3 is 0 Å². The third kappa shape index (κ3) is 4.96. The Morgan fingerprint density at radius 3 is 2.52 bits per heavy atom. The van der Waals surface area contributed by atoms with Crippen LogP contribution in [-0.2, 0) is 14.8 Å². The zero-order valence-corrected chi connectivity index (χ0v) is 25.5. The highest BCUT2D eigenvalue weighted by Crippen LogP contribution is 2.43. The second kappa shape index (κ2) is 10.9. The summed E-state index contributed by atoms with van der Waals surface area (Å²) in [5.41, 5.74) is 2.91. The topological polar surface area (TPSA) is 103 Å². The molecule has 230 valence electrons. The molecule has 3 heterocycles. The number of nitrogens with one attached hydrogen (secondary N) is 1. The molecule has 12 heteroatoms. The van der Waals surface area contributed by atoms with E-state index in [0.29, 0.717) is 59.4 Å². The number of furan rings is 1. The number of hydrogen-bond acceptors (Lipinski definition) is 6. The molecular formula is C32H32F2N4O5S. The van der Waals surface area contributed by atoms with Gasteiger partial charge in [-0.2, -0.15) is 0 Å². The molecule has 2 aliphatic heterocycles. The highest BCUT2D eigenvalue weighted by atomic mass is 32.2. The Morgan fingerprint density at radius 2 is 1.86 bits per heavy atom. The molecule has 3 aromatic rings. The van der Waals surface area contributed by atoms with Gasteiger partial charge in [0.15, 0.2) is 0 Å². The van der Waals surface area contributed by atoms with Crippen molar-refractivity contribution < 1.29 is 31.2 Å². The van der Waals surface area contributed by atoms with E-state index in [9.17, 15) is 26.8 Å². The average Bonchev–Trinajstić information content (AvgIpc) is 3.72. The molecule has 2 amide bonds. The lowest BCUT2D eigenvalue weighted by molar-refractivity contribution is -0.127. The number of carbonyl (C=O) groups is 2. The molecule has 9 nitrogen and oxygen atoms in total. The molecule has 0 bridgehead atoms. The third-order valence-electron chi connectivity index (χ3n) is 8.77. The first-order valence-electron chi connectivity index (χ1n) is 14.2. The SMILES string of the molecule is CNC(=O)c1c(-c2ccc(F)cc2)oc2cc(N(C)S(C)(=O)=O)c([C@@H]3CCN(C(=O)C4=CC5=C(F)C=CCC5N4C)C3)cc12. The van der Waals surface area contributed by atoms with Gasteiger partial charge in [-0.05, 0) is 60.9 Å². The number of rotatable bonds is 6. The van der Waals surface area contributed by atoms with Gasteiger partial charge in [0.05, 0.1) is 23.5 Å². The number of carbonyl (C=O) groups excluding carboxylic acids is 2. The van der Waals surface area contributed by atoms with Crippen LogP contribution in [0.15, 0.2) is 76.1 Å². The fourth-order valence-electron chi connectivity index (χ4n) is 6.29. The first kappa shape index (κ1) is 29.6. The summed E-state index contributed by atoms with van der Waals surface area (Å²) in [6.45, 7) is 0.705. The van der Waals surface area contributed by atoms with Crippen LogP contribution in [0.5, 0.6) is 0 Å². The lowest BCUT2D eigenvalue weighted by Gasteiger charge is -2.28. The van der Waals surface area contributed by atoms with Crippen LogP contribution in [0.3, 0.4) is 0 Å². The number of fused-ring (bicyclic) bond motifs is 2. The first-order chi connectivity index (χ1) is 20.9. The largest absolute Gasteiger partial charge is 0.455 e. The molecule has 1 saturated heterocycles. The van der Waals surface area contributed by atoms with E-state index in [1.54, 1.807) is 41.1 Å². The fourth-order valence-corrected chi connectivity index (χ4v) is 6.80. The van der Waals surface area contributed by atoms with Gasteiger partial charge in [-0.3, -0.25) is 13.9 Å². The smallest absolute Gasteiger partial charge is 0.270 e. The number of allylic oxidation sites excluding steroid dienone is 2. The van der Waals surface area contributed by atoms with Gasteiger partial charge in [0.25, 0.3) is 11.8 Å². The van der Waals surface area contributed by atoms with Crippen molar-refractivity contribution in [1.82, 2.24) is 15.1 Å². The van der Waals surface area contributed by atoms with Crippen LogP contribution < -0.4 is 9.62 Å². The number of amides is 2. The Kier molecular flexibility index (Phi) is 7.35. The number of hydrogen-bond donors (Lipinski definition) is 1. The first-order valence-corrected chi connectivity index (χ1v) is 16.1. The van der Waals surface area contributed by atoms with E-state index in [4.69, 9.17) is 4.42 Å². The maximum absolute atomic E-state index is 14.5. The number of benzene rings is 2. The summed E-state index contributed by atoms with van der Waals surface area (Å²) in [6.07, 6.45) is 7.04. The van der Waals surface area contributed by atoms with Crippen LogP contribution in [-0.4, -0.2) is 76.6 Å². The Morgan fingerprint density at radius 1 is 1.14 bits per heavy atom. The maximum Gasteiger partial charge on any atom is 0.270 e. The number of nitrogens with zero attached hydrogens (tertiary/aromatic N) is 3. The van der Waals surface area contributed by atoms with Gasteiger partial charge in [-0.1, -0.05) is 6.08 Å². The van der Waals surface area contributed by atoms with Crippen molar-refractivity contribution in [2.75, 3.05) is 44.8 Å². The zero-order chi connectivity index (χ0) is 31.5. The Hall–Kier alpha value is -4.45. The number of likely N-dealkylation sites (tertiary alicyclic amines) is 1. The number of halogens is 2.